The number of nitrogens with two attached hydrogens (primary N) is 1. The van der Waals surface area contributed by atoms with E-state index in [1.807, 2.05) is 6.92 Å². The third-order valence-corrected chi connectivity index (χ3v) is 5.52. The Morgan fingerprint density at radius 2 is 1.73 bits per heavy atom. The third-order valence-electron chi connectivity index (χ3n) is 5.52. The average molecular weight is 353 g/mol. The van der Waals surface area contributed by atoms with Gasteiger partial charge in [-0.05, 0) is 63.4 Å². The predicted octanol–water partition coefficient (Wildman–Crippen LogP) is 3.52. The molecule has 26 heavy (non-hydrogen) atoms. The zero-order valence-corrected chi connectivity index (χ0v) is 15.5. The van der Waals surface area contributed by atoms with E-state index in [0.717, 1.165) is 17.7 Å². The number of benzene rings is 1. The zero-order chi connectivity index (χ0) is 18.7. The van der Waals surface area contributed by atoms with Crippen molar-refractivity contribution < 1.29 is 9.90 Å². The highest BCUT2D eigenvalue weighted by molar-refractivity contribution is 5.92. The molecular weight excluding hydrogens is 326 g/mol. The lowest BCUT2D eigenvalue weighted by molar-refractivity contribution is 0.0994. The van der Waals surface area contributed by atoms with E-state index in [4.69, 9.17) is 10.8 Å². The van der Waals surface area contributed by atoms with Gasteiger partial charge >= 0.3 is 0 Å². The highest BCUT2D eigenvalue weighted by atomic mass is 16.3. The SMILES string of the molecule is Cc1nc(C)c(-c2ccc([C@H]3CC[C@@H](CCO)CC3)cc2)nc1C(N)=O. The summed E-state index contributed by atoms with van der Waals surface area (Å²) in [4.78, 5) is 20.4. The molecule has 5 nitrogen and oxygen atoms in total. The number of carbonyl (C=O) groups is 1. The number of nitrogens with zero attached hydrogens (tertiary/aromatic N) is 2. The van der Waals surface area contributed by atoms with Crippen LogP contribution in [0.25, 0.3) is 11.3 Å². The molecule has 5 heteroatoms. The maximum absolute atomic E-state index is 11.6. The summed E-state index contributed by atoms with van der Waals surface area (Å²) in [5, 5.41) is 9.09. The van der Waals surface area contributed by atoms with Crippen LogP contribution in [0.2, 0.25) is 0 Å². The summed E-state index contributed by atoms with van der Waals surface area (Å²) < 4.78 is 0. The molecule has 0 bridgehead atoms. The molecule has 1 heterocycles. The van der Waals surface area contributed by atoms with E-state index in [-0.39, 0.29) is 5.69 Å². The Hall–Kier alpha value is -2.27. The van der Waals surface area contributed by atoms with E-state index in [1.165, 1.54) is 31.2 Å². The van der Waals surface area contributed by atoms with Crippen LogP contribution < -0.4 is 5.73 Å². The van der Waals surface area contributed by atoms with E-state index in [1.54, 1.807) is 6.92 Å². The summed E-state index contributed by atoms with van der Waals surface area (Å²) >= 11 is 0. The van der Waals surface area contributed by atoms with Gasteiger partial charge in [-0.1, -0.05) is 24.3 Å². The Labute approximate surface area is 154 Å². The Morgan fingerprint density at radius 3 is 2.31 bits per heavy atom. The summed E-state index contributed by atoms with van der Waals surface area (Å²) in [5.41, 5.74) is 10.0. The molecule has 0 spiro atoms. The number of primary amides is 1. The van der Waals surface area contributed by atoms with E-state index in [2.05, 4.69) is 34.2 Å². The molecule has 1 aromatic heterocycles. The first-order valence-corrected chi connectivity index (χ1v) is 9.35. The summed E-state index contributed by atoms with van der Waals surface area (Å²) in [7, 11) is 0. The van der Waals surface area contributed by atoms with E-state index >= 15 is 0 Å². The number of hydrogen-bond donors (Lipinski definition) is 2. The van der Waals surface area contributed by atoms with Gasteiger partial charge in [-0.25, -0.2) is 4.98 Å². The van der Waals surface area contributed by atoms with Crippen LogP contribution in [0.4, 0.5) is 0 Å². The molecule has 1 fully saturated rings. The second kappa shape index (κ2) is 7.96. The van der Waals surface area contributed by atoms with Gasteiger partial charge in [0.2, 0.25) is 0 Å². The maximum Gasteiger partial charge on any atom is 0.269 e. The van der Waals surface area contributed by atoms with Crippen molar-refractivity contribution in [2.45, 2.75) is 51.9 Å². The summed E-state index contributed by atoms with van der Waals surface area (Å²) in [6.45, 7) is 3.95. The Kier molecular flexibility index (Phi) is 5.67. The molecule has 138 valence electrons. The molecular formula is C21H27N3O2. The summed E-state index contributed by atoms with van der Waals surface area (Å²) in [6, 6.07) is 8.45. The number of aromatic nitrogens is 2. The zero-order valence-electron chi connectivity index (χ0n) is 15.5. The quantitative estimate of drug-likeness (QED) is 0.861. The van der Waals surface area contributed by atoms with Crippen LogP contribution in [0.3, 0.4) is 0 Å². The predicted molar refractivity (Wildman–Crippen MR) is 102 cm³/mol. The topological polar surface area (TPSA) is 89.1 Å². The third kappa shape index (κ3) is 3.93. The van der Waals surface area contributed by atoms with Gasteiger partial charge in [0.05, 0.1) is 17.1 Å². The van der Waals surface area contributed by atoms with Gasteiger partial charge in [0, 0.05) is 12.2 Å². The van der Waals surface area contributed by atoms with Crippen LogP contribution in [0.15, 0.2) is 24.3 Å². The molecule has 1 amide bonds. The number of rotatable bonds is 5. The van der Waals surface area contributed by atoms with Gasteiger partial charge < -0.3 is 10.8 Å². The van der Waals surface area contributed by atoms with Crippen molar-refractivity contribution in [1.29, 1.82) is 0 Å². The minimum Gasteiger partial charge on any atom is -0.396 e. The number of carbonyl (C=O) groups excluding carboxylic acids is 1. The Balaban J connectivity index is 1.78. The first-order chi connectivity index (χ1) is 12.5. The Morgan fingerprint density at radius 1 is 1.08 bits per heavy atom. The average Bonchev–Trinajstić information content (AvgIpc) is 2.63. The van der Waals surface area contributed by atoms with Crippen molar-refractivity contribution in [3.63, 3.8) is 0 Å². The van der Waals surface area contributed by atoms with Crippen LogP contribution >= 0.6 is 0 Å². The highest BCUT2D eigenvalue weighted by Crippen LogP contribution is 2.37. The fourth-order valence-corrected chi connectivity index (χ4v) is 4.02. The fraction of sp³-hybridized carbons (Fsp3) is 0.476. The molecule has 1 saturated carbocycles. The van der Waals surface area contributed by atoms with Gasteiger partial charge in [-0.15, -0.1) is 0 Å². The van der Waals surface area contributed by atoms with Crippen molar-refractivity contribution in [1.82, 2.24) is 9.97 Å². The number of aliphatic hydroxyl groups excluding tert-OH is 1. The standard InChI is InChI=1S/C21H27N3O2/c1-13-19(24-20(21(22)26)14(2)23-13)18-9-7-17(8-10-18)16-5-3-15(4-6-16)11-12-25/h7-10,15-16,25H,3-6,11-12H2,1-2H3,(H2,22,26)/t15-,16+. The smallest absolute Gasteiger partial charge is 0.269 e. The molecule has 0 radical (unpaired) electrons. The van der Waals surface area contributed by atoms with Crippen molar-refractivity contribution >= 4 is 5.91 Å². The number of amides is 1. The lowest BCUT2D eigenvalue weighted by atomic mass is 9.77. The minimum absolute atomic E-state index is 0.233. The normalized spacial score (nSPS) is 20.1. The van der Waals surface area contributed by atoms with Gasteiger partial charge in [-0.3, -0.25) is 9.78 Å². The first-order valence-electron chi connectivity index (χ1n) is 9.35. The molecule has 1 aromatic carbocycles. The largest absolute Gasteiger partial charge is 0.396 e. The van der Waals surface area contributed by atoms with E-state index in [0.29, 0.717) is 29.8 Å². The number of aryl methyl sites for hydroxylation is 2. The molecule has 0 saturated heterocycles. The molecule has 3 rings (SSSR count). The van der Waals surface area contributed by atoms with Crippen LogP contribution in [0.1, 0.15) is 65.5 Å². The van der Waals surface area contributed by atoms with Crippen molar-refractivity contribution in [3.05, 3.63) is 46.9 Å². The molecule has 1 aliphatic carbocycles. The number of aliphatic hydroxyl groups is 1. The van der Waals surface area contributed by atoms with Gasteiger partial charge in [-0.2, -0.15) is 0 Å². The molecule has 1 aliphatic rings. The molecule has 0 aliphatic heterocycles. The van der Waals surface area contributed by atoms with Crippen LogP contribution in [0.5, 0.6) is 0 Å². The van der Waals surface area contributed by atoms with E-state index in [9.17, 15) is 4.79 Å². The molecule has 3 N–H and O–H groups in total. The Bertz CT molecular complexity index is 779. The van der Waals surface area contributed by atoms with Crippen molar-refractivity contribution in [2.24, 2.45) is 11.7 Å². The second-order valence-corrected chi connectivity index (χ2v) is 7.31. The lowest BCUT2D eigenvalue weighted by Crippen LogP contribution is -2.17. The molecule has 0 atom stereocenters. The van der Waals surface area contributed by atoms with Crippen LogP contribution in [-0.2, 0) is 0 Å². The van der Waals surface area contributed by atoms with Gasteiger partial charge in [0.15, 0.2) is 0 Å². The van der Waals surface area contributed by atoms with Crippen molar-refractivity contribution in [3.8, 4) is 11.3 Å². The fourth-order valence-electron chi connectivity index (χ4n) is 4.02. The highest BCUT2D eigenvalue weighted by Gasteiger charge is 2.22. The molecule has 2 aromatic rings. The van der Waals surface area contributed by atoms with Crippen molar-refractivity contribution in [2.75, 3.05) is 6.61 Å². The van der Waals surface area contributed by atoms with Crippen LogP contribution in [0, 0.1) is 19.8 Å². The summed E-state index contributed by atoms with van der Waals surface area (Å²) in [6.07, 6.45) is 5.67. The minimum atomic E-state index is -0.549. The van der Waals surface area contributed by atoms with Crippen LogP contribution in [-0.4, -0.2) is 27.6 Å². The summed E-state index contributed by atoms with van der Waals surface area (Å²) in [5.74, 6) is 0.714. The lowest BCUT2D eigenvalue weighted by Gasteiger charge is -2.28. The van der Waals surface area contributed by atoms with E-state index < -0.39 is 5.91 Å². The monoisotopic (exact) mass is 353 g/mol. The van der Waals surface area contributed by atoms with Gasteiger partial charge in [0.1, 0.15) is 5.69 Å². The number of hydrogen-bond acceptors (Lipinski definition) is 4. The molecule has 0 unspecified atom stereocenters. The second-order valence-electron chi connectivity index (χ2n) is 7.31. The maximum atomic E-state index is 11.6. The van der Waals surface area contributed by atoms with Gasteiger partial charge in [0.25, 0.3) is 5.91 Å². The first kappa shape index (κ1) is 18.5.